The van der Waals surface area contributed by atoms with E-state index in [1.165, 1.54) is 11.1 Å². The zero-order chi connectivity index (χ0) is 12.1. The van der Waals surface area contributed by atoms with Crippen LogP contribution in [0.1, 0.15) is 11.1 Å². The first-order valence-corrected chi connectivity index (χ1v) is 6.21. The van der Waals surface area contributed by atoms with Gasteiger partial charge in [0.25, 0.3) is 0 Å². The second kappa shape index (κ2) is 6.03. The average molecular weight is 235 g/mol. The molecule has 1 aromatic rings. The van der Waals surface area contributed by atoms with Crippen LogP contribution in [0.2, 0.25) is 0 Å². The fourth-order valence-electron chi connectivity index (χ4n) is 2.27. The maximum atomic E-state index is 5.58. The number of rotatable bonds is 3. The molecular formula is C14H21NO2. The van der Waals surface area contributed by atoms with E-state index in [1.54, 1.807) is 7.11 Å². The maximum Gasteiger partial charge on any atom is 0.122 e. The van der Waals surface area contributed by atoms with Crippen molar-refractivity contribution in [1.29, 1.82) is 0 Å². The van der Waals surface area contributed by atoms with E-state index in [9.17, 15) is 0 Å². The van der Waals surface area contributed by atoms with Gasteiger partial charge in [0.1, 0.15) is 5.75 Å². The Kier molecular flexibility index (Phi) is 4.40. The molecule has 2 rings (SSSR count). The van der Waals surface area contributed by atoms with E-state index in [4.69, 9.17) is 9.47 Å². The first-order chi connectivity index (χ1) is 8.29. The Morgan fingerprint density at radius 2 is 2.35 bits per heavy atom. The number of hydrogen-bond acceptors (Lipinski definition) is 3. The molecule has 3 heteroatoms. The number of hydrogen-bond donors (Lipinski definition) is 1. The van der Waals surface area contributed by atoms with Gasteiger partial charge in [-0.2, -0.15) is 0 Å². The molecule has 3 nitrogen and oxygen atoms in total. The Morgan fingerprint density at radius 1 is 1.47 bits per heavy atom. The minimum Gasteiger partial charge on any atom is -0.496 e. The highest BCUT2D eigenvalue weighted by molar-refractivity contribution is 5.37. The van der Waals surface area contributed by atoms with E-state index in [0.717, 1.165) is 38.5 Å². The minimum atomic E-state index is 0.535. The van der Waals surface area contributed by atoms with E-state index in [-0.39, 0.29) is 0 Å². The lowest BCUT2D eigenvalue weighted by Crippen LogP contribution is -2.24. The highest BCUT2D eigenvalue weighted by atomic mass is 16.5. The molecule has 1 aromatic carbocycles. The normalized spacial score (nSPS) is 20.9. The predicted molar refractivity (Wildman–Crippen MR) is 68.6 cm³/mol. The summed E-state index contributed by atoms with van der Waals surface area (Å²) in [5, 5.41) is 3.40. The van der Waals surface area contributed by atoms with Crippen LogP contribution in [-0.2, 0) is 11.2 Å². The Labute approximate surface area is 103 Å². The Morgan fingerprint density at radius 3 is 3.18 bits per heavy atom. The molecule has 1 aliphatic rings. The molecule has 0 aromatic heterocycles. The maximum absolute atomic E-state index is 5.58. The topological polar surface area (TPSA) is 30.5 Å². The molecular weight excluding hydrogens is 214 g/mol. The standard InChI is InChI=1S/C14H21NO2/c1-11-3-4-14(16-2)13(7-11)8-12-9-15-5-6-17-10-12/h3-4,7,12,15H,5-6,8-10H2,1-2H3. The van der Waals surface area contributed by atoms with Gasteiger partial charge in [-0.15, -0.1) is 0 Å². The molecule has 17 heavy (non-hydrogen) atoms. The quantitative estimate of drug-likeness (QED) is 0.866. The average Bonchev–Trinajstić information content (AvgIpc) is 2.58. The zero-order valence-electron chi connectivity index (χ0n) is 10.7. The summed E-state index contributed by atoms with van der Waals surface area (Å²) in [5.41, 5.74) is 2.56. The fraction of sp³-hybridized carbons (Fsp3) is 0.571. The summed E-state index contributed by atoms with van der Waals surface area (Å²) in [6.07, 6.45) is 1.01. The summed E-state index contributed by atoms with van der Waals surface area (Å²) in [6, 6.07) is 6.35. The first kappa shape index (κ1) is 12.4. The van der Waals surface area contributed by atoms with Crippen molar-refractivity contribution in [2.75, 3.05) is 33.4 Å². The lowest BCUT2D eigenvalue weighted by Gasteiger charge is -2.16. The van der Waals surface area contributed by atoms with E-state index >= 15 is 0 Å². The molecule has 1 N–H and O–H groups in total. The van der Waals surface area contributed by atoms with Gasteiger partial charge in [0.05, 0.1) is 20.3 Å². The zero-order valence-corrected chi connectivity index (χ0v) is 10.7. The Hall–Kier alpha value is -1.06. The third-order valence-corrected chi connectivity index (χ3v) is 3.15. The van der Waals surface area contributed by atoms with Crippen LogP contribution < -0.4 is 10.1 Å². The largest absolute Gasteiger partial charge is 0.496 e. The van der Waals surface area contributed by atoms with Crippen molar-refractivity contribution in [2.24, 2.45) is 5.92 Å². The van der Waals surface area contributed by atoms with Gasteiger partial charge in [-0.3, -0.25) is 0 Å². The van der Waals surface area contributed by atoms with Gasteiger partial charge in [0.15, 0.2) is 0 Å². The highest BCUT2D eigenvalue weighted by Gasteiger charge is 2.15. The number of benzene rings is 1. The second-order valence-electron chi connectivity index (χ2n) is 4.66. The van der Waals surface area contributed by atoms with Gasteiger partial charge in [-0.1, -0.05) is 17.7 Å². The van der Waals surface area contributed by atoms with Crippen molar-refractivity contribution >= 4 is 0 Å². The van der Waals surface area contributed by atoms with Crippen LogP contribution in [0.4, 0.5) is 0 Å². The molecule has 0 amide bonds. The van der Waals surface area contributed by atoms with Crippen LogP contribution in [0, 0.1) is 12.8 Å². The van der Waals surface area contributed by atoms with Crippen molar-refractivity contribution < 1.29 is 9.47 Å². The third-order valence-electron chi connectivity index (χ3n) is 3.15. The number of nitrogens with one attached hydrogen (secondary N) is 1. The van der Waals surface area contributed by atoms with Crippen LogP contribution in [0.15, 0.2) is 18.2 Å². The second-order valence-corrected chi connectivity index (χ2v) is 4.66. The predicted octanol–water partition coefficient (Wildman–Crippen LogP) is 1.78. The summed E-state index contributed by atoms with van der Waals surface area (Å²) in [7, 11) is 1.73. The number of ether oxygens (including phenoxy) is 2. The molecule has 1 heterocycles. The van der Waals surface area contributed by atoms with Crippen LogP contribution in [0.25, 0.3) is 0 Å². The summed E-state index contributed by atoms with van der Waals surface area (Å²) in [5.74, 6) is 1.52. The summed E-state index contributed by atoms with van der Waals surface area (Å²) in [4.78, 5) is 0. The molecule has 1 unspecified atom stereocenters. The van der Waals surface area contributed by atoms with Gasteiger partial charge in [-0.05, 0) is 30.9 Å². The van der Waals surface area contributed by atoms with Crippen LogP contribution in [0.3, 0.4) is 0 Å². The molecule has 0 aliphatic carbocycles. The van der Waals surface area contributed by atoms with Gasteiger partial charge >= 0.3 is 0 Å². The molecule has 0 spiro atoms. The van der Waals surface area contributed by atoms with Gasteiger partial charge in [0, 0.05) is 13.1 Å². The lowest BCUT2D eigenvalue weighted by molar-refractivity contribution is 0.123. The van der Waals surface area contributed by atoms with Crippen molar-refractivity contribution in [3.05, 3.63) is 29.3 Å². The van der Waals surface area contributed by atoms with Gasteiger partial charge in [-0.25, -0.2) is 0 Å². The summed E-state index contributed by atoms with van der Waals surface area (Å²) < 4.78 is 11.0. The van der Waals surface area contributed by atoms with Crippen LogP contribution in [0.5, 0.6) is 5.75 Å². The van der Waals surface area contributed by atoms with Gasteiger partial charge < -0.3 is 14.8 Å². The van der Waals surface area contributed by atoms with Crippen LogP contribution >= 0.6 is 0 Å². The third kappa shape index (κ3) is 3.45. The SMILES string of the molecule is COc1ccc(C)cc1CC1CNCCOC1. The summed E-state index contributed by atoms with van der Waals surface area (Å²) >= 11 is 0. The smallest absolute Gasteiger partial charge is 0.122 e. The fourth-order valence-corrected chi connectivity index (χ4v) is 2.27. The van der Waals surface area contributed by atoms with E-state index < -0.39 is 0 Å². The summed E-state index contributed by atoms with van der Waals surface area (Å²) in [6.45, 7) is 5.76. The van der Waals surface area contributed by atoms with Crippen molar-refractivity contribution in [2.45, 2.75) is 13.3 Å². The van der Waals surface area contributed by atoms with E-state index in [1.807, 2.05) is 0 Å². The molecule has 1 atom stereocenters. The molecule has 0 saturated carbocycles. The molecule has 94 valence electrons. The molecule has 1 saturated heterocycles. The van der Waals surface area contributed by atoms with Crippen molar-refractivity contribution in [3.63, 3.8) is 0 Å². The van der Waals surface area contributed by atoms with E-state index in [2.05, 4.69) is 30.4 Å². The van der Waals surface area contributed by atoms with Crippen LogP contribution in [-0.4, -0.2) is 33.4 Å². The molecule has 0 radical (unpaired) electrons. The van der Waals surface area contributed by atoms with Crippen molar-refractivity contribution in [3.8, 4) is 5.75 Å². The lowest BCUT2D eigenvalue weighted by atomic mass is 9.98. The number of methoxy groups -OCH3 is 1. The monoisotopic (exact) mass is 235 g/mol. The minimum absolute atomic E-state index is 0.535. The van der Waals surface area contributed by atoms with E-state index in [0.29, 0.717) is 5.92 Å². The van der Waals surface area contributed by atoms with Gasteiger partial charge in [0.2, 0.25) is 0 Å². The number of aryl methyl sites for hydroxylation is 1. The van der Waals surface area contributed by atoms with Crippen molar-refractivity contribution in [1.82, 2.24) is 5.32 Å². The first-order valence-electron chi connectivity index (χ1n) is 6.21. The Bertz CT molecular complexity index is 357. The molecule has 0 bridgehead atoms. The Balaban J connectivity index is 2.07. The highest BCUT2D eigenvalue weighted by Crippen LogP contribution is 2.23. The molecule has 1 aliphatic heterocycles. The molecule has 1 fully saturated rings.